The van der Waals surface area contributed by atoms with E-state index in [1.54, 1.807) is 0 Å². The van der Waals surface area contributed by atoms with Crippen molar-refractivity contribution in [1.29, 1.82) is 0 Å². The van der Waals surface area contributed by atoms with Crippen molar-refractivity contribution < 1.29 is 0 Å². The molecule has 0 aliphatic carbocycles. The summed E-state index contributed by atoms with van der Waals surface area (Å²) in [4.78, 5) is 2.70. The van der Waals surface area contributed by atoms with Crippen LogP contribution in [0.2, 0.25) is 0 Å². The van der Waals surface area contributed by atoms with E-state index < -0.39 is 0 Å². The first-order valence-corrected chi connectivity index (χ1v) is 7.44. The number of hydrogen-bond acceptors (Lipinski definition) is 2. The second kappa shape index (κ2) is 5.27. The molecule has 0 radical (unpaired) electrons. The maximum atomic E-state index is 3.76. The smallest absolute Gasteiger partial charge is 0.0159 e. The summed E-state index contributed by atoms with van der Waals surface area (Å²) >= 11 is 0. The van der Waals surface area contributed by atoms with Gasteiger partial charge in [0.15, 0.2) is 0 Å². The van der Waals surface area contributed by atoms with Gasteiger partial charge in [0.1, 0.15) is 0 Å². The molecule has 100 valence electrons. The van der Waals surface area contributed by atoms with Gasteiger partial charge in [0.25, 0.3) is 0 Å². The lowest BCUT2D eigenvalue weighted by Crippen LogP contribution is -2.45. The Bertz CT molecular complexity index is 238. The number of hydrogen-bond donors (Lipinski definition) is 1. The second-order valence-electron chi connectivity index (χ2n) is 7.25. The first-order chi connectivity index (χ1) is 7.98. The van der Waals surface area contributed by atoms with E-state index in [9.17, 15) is 0 Å². The molecule has 17 heavy (non-hydrogen) atoms. The van der Waals surface area contributed by atoms with E-state index in [1.807, 2.05) is 0 Å². The molecule has 3 atom stereocenters. The van der Waals surface area contributed by atoms with Crippen LogP contribution in [0.25, 0.3) is 0 Å². The fourth-order valence-electron chi connectivity index (χ4n) is 3.62. The lowest BCUT2D eigenvalue weighted by molar-refractivity contribution is 0.138. The van der Waals surface area contributed by atoms with Crippen LogP contribution >= 0.6 is 0 Å². The highest BCUT2D eigenvalue weighted by atomic mass is 15.1. The third-order valence-corrected chi connectivity index (χ3v) is 4.67. The fraction of sp³-hybridized carbons (Fsp3) is 1.00. The van der Waals surface area contributed by atoms with Crippen molar-refractivity contribution in [3.05, 3.63) is 0 Å². The highest BCUT2D eigenvalue weighted by Crippen LogP contribution is 2.34. The molecule has 2 aliphatic rings. The lowest BCUT2D eigenvalue weighted by Gasteiger charge is -2.37. The Morgan fingerprint density at radius 2 is 1.76 bits per heavy atom. The molecule has 2 heterocycles. The van der Waals surface area contributed by atoms with Gasteiger partial charge in [-0.3, -0.25) is 0 Å². The molecule has 2 saturated heterocycles. The Labute approximate surface area is 107 Å². The number of piperidine rings is 1. The molecule has 0 aromatic carbocycles. The van der Waals surface area contributed by atoms with Gasteiger partial charge in [-0.25, -0.2) is 0 Å². The second-order valence-corrected chi connectivity index (χ2v) is 7.25. The molecule has 2 heteroatoms. The van der Waals surface area contributed by atoms with Gasteiger partial charge in [-0.2, -0.15) is 0 Å². The number of nitrogens with one attached hydrogen (secondary N) is 1. The molecule has 0 spiro atoms. The van der Waals surface area contributed by atoms with E-state index in [2.05, 4.69) is 37.9 Å². The lowest BCUT2D eigenvalue weighted by atomic mass is 9.77. The Morgan fingerprint density at radius 1 is 1.12 bits per heavy atom. The molecule has 0 aromatic heterocycles. The average molecular weight is 238 g/mol. The van der Waals surface area contributed by atoms with E-state index in [1.165, 1.54) is 45.4 Å². The van der Waals surface area contributed by atoms with Gasteiger partial charge in [0, 0.05) is 12.6 Å². The van der Waals surface area contributed by atoms with E-state index >= 15 is 0 Å². The summed E-state index contributed by atoms with van der Waals surface area (Å²) in [6.45, 7) is 14.8. The van der Waals surface area contributed by atoms with Gasteiger partial charge in [-0.05, 0) is 49.7 Å². The quantitative estimate of drug-likeness (QED) is 0.796. The molecule has 2 nitrogen and oxygen atoms in total. The maximum absolute atomic E-state index is 3.76. The Hall–Kier alpha value is -0.0800. The van der Waals surface area contributed by atoms with Crippen LogP contribution in [0.5, 0.6) is 0 Å². The molecule has 2 fully saturated rings. The standard InChI is InChI=1S/C15H30N2/c1-12-10-16-14(15(2,3)4)13(12)11-17-8-6-5-7-9-17/h12-14,16H,5-11H2,1-4H3. The summed E-state index contributed by atoms with van der Waals surface area (Å²) in [5.41, 5.74) is 0.394. The molecular weight excluding hydrogens is 208 g/mol. The number of nitrogens with zero attached hydrogens (tertiary/aromatic N) is 1. The van der Waals surface area contributed by atoms with Crippen LogP contribution in [0.1, 0.15) is 47.0 Å². The minimum Gasteiger partial charge on any atom is -0.313 e. The van der Waals surface area contributed by atoms with E-state index in [-0.39, 0.29) is 0 Å². The highest BCUT2D eigenvalue weighted by molar-refractivity contribution is 4.96. The normalized spacial score (nSPS) is 36.4. The van der Waals surface area contributed by atoms with Crippen molar-refractivity contribution >= 4 is 0 Å². The van der Waals surface area contributed by atoms with E-state index in [0.29, 0.717) is 11.5 Å². The van der Waals surface area contributed by atoms with Crippen molar-refractivity contribution in [3.8, 4) is 0 Å². The zero-order valence-corrected chi connectivity index (χ0v) is 12.1. The first-order valence-electron chi connectivity index (χ1n) is 7.44. The van der Waals surface area contributed by atoms with Crippen LogP contribution in [0.15, 0.2) is 0 Å². The topological polar surface area (TPSA) is 15.3 Å². The molecule has 2 aliphatic heterocycles. The summed E-state index contributed by atoms with van der Waals surface area (Å²) < 4.78 is 0. The molecule has 2 rings (SSSR count). The molecule has 3 unspecified atom stereocenters. The summed E-state index contributed by atoms with van der Waals surface area (Å²) in [5.74, 6) is 1.68. The first kappa shape index (κ1) is 13.4. The van der Waals surface area contributed by atoms with Gasteiger partial charge in [-0.1, -0.05) is 34.1 Å². The predicted molar refractivity (Wildman–Crippen MR) is 74.2 cm³/mol. The summed E-state index contributed by atoms with van der Waals surface area (Å²) in [6, 6.07) is 0.694. The Morgan fingerprint density at radius 3 is 2.35 bits per heavy atom. The van der Waals surface area contributed by atoms with Crippen LogP contribution in [-0.4, -0.2) is 37.1 Å². The number of likely N-dealkylation sites (tertiary alicyclic amines) is 1. The zero-order valence-electron chi connectivity index (χ0n) is 12.1. The van der Waals surface area contributed by atoms with Crippen molar-refractivity contribution in [2.45, 2.75) is 53.0 Å². The number of rotatable bonds is 2. The zero-order chi connectivity index (χ0) is 12.5. The minimum atomic E-state index is 0.394. The van der Waals surface area contributed by atoms with Crippen LogP contribution in [0, 0.1) is 17.3 Å². The molecular formula is C15H30N2. The van der Waals surface area contributed by atoms with Crippen LogP contribution < -0.4 is 5.32 Å². The summed E-state index contributed by atoms with van der Waals surface area (Å²) in [5, 5.41) is 3.76. The monoisotopic (exact) mass is 238 g/mol. The van der Waals surface area contributed by atoms with Gasteiger partial charge >= 0.3 is 0 Å². The SMILES string of the molecule is CC1CNC(C(C)(C)C)C1CN1CCCCC1. The van der Waals surface area contributed by atoms with Gasteiger partial charge in [-0.15, -0.1) is 0 Å². The average Bonchev–Trinajstić information content (AvgIpc) is 2.62. The van der Waals surface area contributed by atoms with Crippen LogP contribution in [-0.2, 0) is 0 Å². The molecule has 0 bridgehead atoms. The third kappa shape index (κ3) is 3.23. The van der Waals surface area contributed by atoms with Crippen molar-refractivity contribution in [2.75, 3.05) is 26.2 Å². The molecule has 1 N–H and O–H groups in total. The summed E-state index contributed by atoms with van der Waals surface area (Å²) in [7, 11) is 0. The summed E-state index contributed by atoms with van der Waals surface area (Å²) in [6.07, 6.45) is 4.26. The Balaban J connectivity index is 1.96. The van der Waals surface area contributed by atoms with Crippen molar-refractivity contribution in [2.24, 2.45) is 17.3 Å². The Kier molecular flexibility index (Phi) is 4.14. The van der Waals surface area contributed by atoms with Crippen molar-refractivity contribution in [3.63, 3.8) is 0 Å². The predicted octanol–water partition coefficient (Wildman–Crippen LogP) is 2.74. The third-order valence-electron chi connectivity index (χ3n) is 4.67. The minimum absolute atomic E-state index is 0.394. The van der Waals surface area contributed by atoms with E-state index in [0.717, 1.165) is 11.8 Å². The van der Waals surface area contributed by atoms with Crippen LogP contribution in [0.4, 0.5) is 0 Å². The molecule has 0 amide bonds. The van der Waals surface area contributed by atoms with Gasteiger partial charge < -0.3 is 10.2 Å². The highest BCUT2D eigenvalue weighted by Gasteiger charge is 2.40. The molecule has 0 saturated carbocycles. The molecule has 0 aromatic rings. The largest absolute Gasteiger partial charge is 0.313 e. The van der Waals surface area contributed by atoms with Gasteiger partial charge in [0.05, 0.1) is 0 Å². The fourth-order valence-corrected chi connectivity index (χ4v) is 3.62. The van der Waals surface area contributed by atoms with Crippen LogP contribution in [0.3, 0.4) is 0 Å². The van der Waals surface area contributed by atoms with E-state index in [4.69, 9.17) is 0 Å². The van der Waals surface area contributed by atoms with Gasteiger partial charge in [0.2, 0.25) is 0 Å². The maximum Gasteiger partial charge on any atom is 0.0159 e. The van der Waals surface area contributed by atoms with Crippen molar-refractivity contribution in [1.82, 2.24) is 10.2 Å².